The highest BCUT2D eigenvalue weighted by Gasteiger charge is 2.12. The van der Waals surface area contributed by atoms with Gasteiger partial charge in [-0.2, -0.15) is 0 Å². The smallest absolute Gasteiger partial charge is 0.162 e. The van der Waals surface area contributed by atoms with Crippen LogP contribution in [0.3, 0.4) is 0 Å². The fourth-order valence-electron chi connectivity index (χ4n) is 2.63. The molecule has 2 aromatic rings. The summed E-state index contributed by atoms with van der Waals surface area (Å²) >= 11 is 3.65. The summed E-state index contributed by atoms with van der Waals surface area (Å²) in [5.74, 6) is 1.54. The van der Waals surface area contributed by atoms with E-state index in [1.54, 1.807) is 7.11 Å². The van der Waals surface area contributed by atoms with Crippen LogP contribution in [0.15, 0.2) is 46.9 Å². The summed E-state index contributed by atoms with van der Waals surface area (Å²) in [5.41, 5.74) is 2.55. The lowest BCUT2D eigenvalue weighted by Gasteiger charge is -2.18. The Hall–Kier alpha value is -1.52. The van der Waals surface area contributed by atoms with Crippen LogP contribution in [-0.2, 0) is 13.0 Å². The van der Waals surface area contributed by atoms with Gasteiger partial charge < -0.3 is 14.8 Å². The van der Waals surface area contributed by atoms with Crippen LogP contribution in [0.1, 0.15) is 38.3 Å². The van der Waals surface area contributed by atoms with E-state index in [-0.39, 0.29) is 6.10 Å². The van der Waals surface area contributed by atoms with Crippen molar-refractivity contribution in [1.82, 2.24) is 5.32 Å². The number of aryl methyl sites for hydroxylation is 1. The molecule has 0 aliphatic carbocycles. The number of methoxy groups -OCH3 is 1. The van der Waals surface area contributed by atoms with Gasteiger partial charge in [0, 0.05) is 17.1 Å². The number of halogens is 1. The molecule has 3 nitrogen and oxygen atoms in total. The number of rotatable bonds is 9. The molecule has 136 valence electrons. The molecule has 0 bridgehead atoms. The Morgan fingerprint density at radius 2 is 1.76 bits per heavy atom. The van der Waals surface area contributed by atoms with E-state index in [1.807, 2.05) is 26.0 Å². The molecule has 2 rings (SSSR count). The summed E-state index contributed by atoms with van der Waals surface area (Å²) in [4.78, 5) is 0. The Morgan fingerprint density at radius 1 is 1.04 bits per heavy atom. The molecule has 4 heteroatoms. The second-order valence-corrected chi connectivity index (χ2v) is 7.42. The lowest BCUT2D eigenvalue weighted by molar-refractivity contribution is 0.230. The van der Waals surface area contributed by atoms with Crippen molar-refractivity contribution in [1.29, 1.82) is 0 Å². The standard InChI is InChI=1S/C21H28BrNO2/c1-15(2)25-21-13-19(22)18(12-20(21)24-4)14-23-16(3)10-11-17-8-6-5-7-9-17/h5-9,12-13,15-16,23H,10-11,14H2,1-4H3. The van der Waals surface area contributed by atoms with Gasteiger partial charge in [-0.1, -0.05) is 46.3 Å². The van der Waals surface area contributed by atoms with Crippen molar-refractivity contribution in [2.24, 2.45) is 0 Å². The third-order valence-corrected chi connectivity index (χ3v) is 4.78. The van der Waals surface area contributed by atoms with E-state index in [0.717, 1.165) is 35.4 Å². The maximum absolute atomic E-state index is 5.81. The lowest BCUT2D eigenvalue weighted by atomic mass is 10.1. The highest BCUT2D eigenvalue weighted by molar-refractivity contribution is 9.10. The first-order valence-corrected chi connectivity index (χ1v) is 9.59. The van der Waals surface area contributed by atoms with Crippen LogP contribution in [0.2, 0.25) is 0 Å². The van der Waals surface area contributed by atoms with Gasteiger partial charge in [-0.3, -0.25) is 0 Å². The average molecular weight is 406 g/mol. The molecule has 1 N–H and O–H groups in total. The van der Waals surface area contributed by atoms with Gasteiger partial charge in [0.1, 0.15) is 0 Å². The van der Waals surface area contributed by atoms with Crippen molar-refractivity contribution in [2.75, 3.05) is 7.11 Å². The molecule has 0 saturated heterocycles. The van der Waals surface area contributed by atoms with Crippen molar-refractivity contribution >= 4 is 15.9 Å². The first kappa shape index (κ1) is 19.8. The first-order chi connectivity index (χ1) is 12.0. The monoisotopic (exact) mass is 405 g/mol. The Balaban J connectivity index is 1.93. The molecule has 0 aliphatic heterocycles. The van der Waals surface area contributed by atoms with Crippen LogP contribution in [0.5, 0.6) is 11.5 Å². The number of nitrogens with one attached hydrogen (secondary N) is 1. The zero-order chi connectivity index (χ0) is 18.2. The van der Waals surface area contributed by atoms with Gasteiger partial charge in [-0.05, 0) is 56.9 Å². The van der Waals surface area contributed by atoms with Crippen LogP contribution in [0.25, 0.3) is 0 Å². The van der Waals surface area contributed by atoms with Crippen LogP contribution < -0.4 is 14.8 Å². The largest absolute Gasteiger partial charge is 0.493 e. The zero-order valence-electron chi connectivity index (χ0n) is 15.5. The molecule has 0 saturated carbocycles. The van der Waals surface area contributed by atoms with E-state index in [0.29, 0.717) is 6.04 Å². The molecule has 1 unspecified atom stereocenters. The van der Waals surface area contributed by atoms with Crippen molar-refractivity contribution < 1.29 is 9.47 Å². The molecular weight excluding hydrogens is 378 g/mol. The van der Waals surface area contributed by atoms with Crippen LogP contribution in [0, 0.1) is 0 Å². The summed E-state index contributed by atoms with van der Waals surface area (Å²) in [6.07, 6.45) is 2.30. The topological polar surface area (TPSA) is 30.5 Å². The second kappa shape index (κ2) is 9.83. The van der Waals surface area contributed by atoms with Gasteiger partial charge in [-0.15, -0.1) is 0 Å². The normalized spacial score (nSPS) is 12.2. The quantitative estimate of drug-likeness (QED) is 0.609. The Labute approximate surface area is 159 Å². The van der Waals surface area contributed by atoms with Gasteiger partial charge in [0.25, 0.3) is 0 Å². The van der Waals surface area contributed by atoms with E-state index >= 15 is 0 Å². The molecule has 0 amide bonds. The molecule has 0 heterocycles. The molecular formula is C21H28BrNO2. The van der Waals surface area contributed by atoms with Crippen molar-refractivity contribution in [3.63, 3.8) is 0 Å². The molecule has 0 aromatic heterocycles. The van der Waals surface area contributed by atoms with E-state index in [1.165, 1.54) is 11.1 Å². The van der Waals surface area contributed by atoms with Gasteiger partial charge in [0.2, 0.25) is 0 Å². The van der Waals surface area contributed by atoms with Crippen LogP contribution >= 0.6 is 15.9 Å². The minimum atomic E-state index is 0.114. The summed E-state index contributed by atoms with van der Waals surface area (Å²) in [7, 11) is 1.68. The average Bonchev–Trinajstić information content (AvgIpc) is 2.59. The Morgan fingerprint density at radius 3 is 2.40 bits per heavy atom. The summed E-state index contributed by atoms with van der Waals surface area (Å²) in [6, 6.07) is 15.1. The van der Waals surface area contributed by atoms with Gasteiger partial charge in [0.15, 0.2) is 11.5 Å². The summed E-state index contributed by atoms with van der Waals surface area (Å²) in [5, 5.41) is 3.60. The predicted molar refractivity (Wildman–Crippen MR) is 108 cm³/mol. The molecule has 25 heavy (non-hydrogen) atoms. The highest BCUT2D eigenvalue weighted by atomic mass is 79.9. The van der Waals surface area contributed by atoms with E-state index < -0.39 is 0 Å². The van der Waals surface area contributed by atoms with Crippen molar-refractivity contribution in [2.45, 2.75) is 52.3 Å². The number of hydrogen-bond donors (Lipinski definition) is 1. The van der Waals surface area contributed by atoms with E-state index in [9.17, 15) is 0 Å². The molecule has 2 aromatic carbocycles. The molecule has 0 radical (unpaired) electrons. The predicted octanol–water partition coefficient (Wildman–Crippen LogP) is 5.36. The van der Waals surface area contributed by atoms with Crippen LogP contribution in [-0.4, -0.2) is 19.3 Å². The van der Waals surface area contributed by atoms with Crippen LogP contribution in [0.4, 0.5) is 0 Å². The van der Waals surface area contributed by atoms with Crippen molar-refractivity contribution in [3.05, 3.63) is 58.1 Å². The van der Waals surface area contributed by atoms with Gasteiger partial charge in [0.05, 0.1) is 13.2 Å². The third kappa shape index (κ3) is 6.37. The molecule has 0 fully saturated rings. The lowest BCUT2D eigenvalue weighted by Crippen LogP contribution is -2.26. The first-order valence-electron chi connectivity index (χ1n) is 8.80. The Bertz CT molecular complexity index is 658. The molecule has 0 aliphatic rings. The Kier molecular flexibility index (Phi) is 7.79. The summed E-state index contributed by atoms with van der Waals surface area (Å²) in [6.45, 7) is 7.04. The second-order valence-electron chi connectivity index (χ2n) is 6.57. The van der Waals surface area contributed by atoms with E-state index in [4.69, 9.17) is 9.47 Å². The zero-order valence-corrected chi connectivity index (χ0v) is 17.1. The maximum atomic E-state index is 5.81. The highest BCUT2D eigenvalue weighted by Crippen LogP contribution is 2.34. The van der Waals surface area contributed by atoms with E-state index in [2.05, 4.69) is 58.5 Å². The fourth-order valence-corrected chi connectivity index (χ4v) is 3.09. The number of benzene rings is 2. The minimum absolute atomic E-state index is 0.114. The van der Waals surface area contributed by atoms with Crippen molar-refractivity contribution in [3.8, 4) is 11.5 Å². The molecule has 0 spiro atoms. The third-order valence-electron chi connectivity index (χ3n) is 4.05. The van der Waals surface area contributed by atoms with Gasteiger partial charge in [-0.25, -0.2) is 0 Å². The fraction of sp³-hybridized carbons (Fsp3) is 0.429. The number of ether oxygens (including phenoxy) is 2. The van der Waals surface area contributed by atoms with Gasteiger partial charge >= 0.3 is 0 Å². The number of hydrogen-bond acceptors (Lipinski definition) is 3. The maximum Gasteiger partial charge on any atom is 0.162 e. The summed E-state index contributed by atoms with van der Waals surface area (Å²) < 4.78 is 12.3. The minimum Gasteiger partial charge on any atom is -0.493 e. The molecule has 1 atom stereocenters. The SMILES string of the molecule is COc1cc(CNC(C)CCc2ccccc2)c(Br)cc1OC(C)C.